The standard InChI is InChI=1S/C24H21NO6/c1-14-8-4-5-9-15(14)25-21(18-12-7-13-31-18)20(23(27)24(25)28)22(26)19-16(29-2)10-6-11-17(19)30-3/h4-13,21,26H,1-3H3/b22-20+. The first-order valence-electron chi connectivity index (χ1n) is 9.61. The van der Waals surface area contributed by atoms with Crippen molar-refractivity contribution in [2.24, 2.45) is 0 Å². The summed E-state index contributed by atoms with van der Waals surface area (Å²) in [5.74, 6) is -1.03. The van der Waals surface area contributed by atoms with Crippen LogP contribution in [-0.4, -0.2) is 31.0 Å². The smallest absolute Gasteiger partial charge is 0.300 e. The van der Waals surface area contributed by atoms with Crippen LogP contribution in [0.5, 0.6) is 11.5 Å². The average Bonchev–Trinajstić information content (AvgIpc) is 3.40. The number of anilines is 1. The van der Waals surface area contributed by atoms with Crippen LogP contribution in [0.15, 0.2) is 70.9 Å². The number of benzene rings is 2. The van der Waals surface area contributed by atoms with Gasteiger partial charge in [0.1, 0.15) is 34.6 Å². The highest BCUT2D eigenvalue weighted by Gasteiger charge is 2.49. The number of aliphatic hydroxyl groups is 1. The molecule has 158 valence electrons. The van der Waals surface area contributed by atoms with Crippen LogP contribution in [0, 0.1) is 6.92 Å². The van der Waals surface area contributed by atoms with Crippen LogP contribution in [0.3, 0.4) is 0 Å². The minimum Gasteiger partial charge on any atom is -0.506 e. The Morgan fingerprint density at radius 1 is 0.968 bits per heavy atom. The van der Waals surface area contributed by atoms with Crippen LogP contribution < -0.4 is 14.4 Å². The summed E-state index contributed by atoms with van der Waals surface area (Å²) >= 11 is 0. The Bertz CT molecular complexity index is 1160. The summed E-state index contributed by atoms with van der Waals surface area (Å²) in [4.78, 5) is 27.7. The number of nitrogens with zero attached hydrogens (tertiary/aromatic N) is 1. The molecule has 3 aromatic rings. The zero-order chi connectivity index (χ0) is 22.1. The average molecular weight is 419 g/mol. The number of para-hydroxylation sites is 1. The Labute approximate surface area is 179 Å². The van der Waals surface area contributed by atoms with Crippen molar-refractivity contribution in [2.45, 2.75) is 13.0 Å². The van der Waals surface area contributed by atoms with Gasteiger partial charge in [-0.1, -0.05) is 24.3 Å². The first kappa shape index (κ1) is 20.3. The van der Waals surface area contributed by atoms with Crippen LogP contribution in [0.1, 0.15) is 22.9 Å². The summed E-state index contributed by atoms with van der Waals surface area (Å²) in [6.45, 7) is 1.84. The van der Waals surface area contributed by atoms with Crippen molar-refractivity contribution in [3.8, 4) is 11.5 Å². The molecule has 1 atom stereocenters. The highest BCUT2D eigenvalue weighted by atomic mass is 16.5. The lowest BCUT2D eigenvalue weighted by atomic mass is 9.98. The number of ether oxygens (including phenoxy) is 2. The van der Waals surface area contributed by atoms with Crippen molar-refractivity contribution in [3.63, 3.8) is 0 Å². The van der Waals surface area contributed by atoms with Crippen LogP contribution in [-0.2, 0) is 9.59 Å². The molecule has 1 aliphatic rings. The fourth-order valence-corrected chi connectivity index (χ4v) is 3.85. The Kier molecular flexibility index (Phi) is 5.25. The molecule has 0 aliphatic carbocycles. The number of carbonyl (C=O) groups is 2. The van der Waals surface area contributed by atoms with E-state index in [0.717, 1.165) is 5.56 Å². The molecule has 4 rings (SSSR count). The van der Waals surface area contributed by atoms with Gasteiger partial charge in [-0.05, 0) is 42.8 Å². The monoisotopic (exact) mass is 419 g/mol. The number of aryl methyl sites for hydroxylation is 1. The predicted octanol–water partition coefficient (Wildman–Crippen LogP) is 4.23. The second-order valence-corrected chi connectivity index (χ2v) is 7.01. The van der Waals surface area contributed by atoms with E-state index < -0.39 is 23.5 Å². The zero-order valence-corrected chi connectivity index (χ0v) is 17.3. The molecule has 7 heteroatoms. The molecule has 0 radical (unpaired) electrons. The van der Waals surface area contributed by atoms with Crippen molar-refractivity contribution >= 4 is 23.1 Å². The van der Waals surface area contributed by atoms with Gasteiger partial charge in [0.05, 0.1) is 26.1 Å². The number of hydrogen-bond donors (Lipinski definition) is 1. The highest BCUT2D eigenvalue weighted by Crippen LogP contribution is 2.45. The van der Waals surface area contributed by atoms with Crippen molar-refractivity contribution in [2.75, 3.05) is 19.1 Å². The fraction of sp³-hybridized carbons (Fsp3) is 0.167. The maximum atomic E-state index is 13.2. The largest absolute Gasteiger partial charge is 0.506 e. The van der Waals surface area contributed by atoms with Gasteiger partial charge < -0.3 is 19.0 Å². The highest BCUT2D eigenvalue weighted by molar-refractivity contribution is 6.51. The number of hydrogen-bond acceptors (Lipinski definition) is 6. The van der Waals surface area contributed by atoms with E-state index in [1.807, 2.05) is 19.1 Å². The van der Waals surface area contributed by atoms with Crippen molar-refractivity contribution < 1.29 is 28.6 Å². The van der Waals surface area contributed by atoms with Gasteiger partial charge in [0, 0.05) is 5.69 Å². The number of ketones is 1. The number of amides is 1. The molecule has 2 heterocycles. The number of Topliss-reactive ketones (excluding diaryl/α,β-unsaturated/α-hetero) is 1. The first-order valence-corrected chi connectivity index (χ1v) is 9.61. The van der Waals surface area contributed by atoms with Gasteiger partial charge in [-0.3, -0.25) is 14.5 Å². The van der Waals surface area contributed by atoms with Crippen molar-refractivity contribution in [3.05, 3.63) is 83.3 Å². The van der Waals surface area contributed by atoms with Crippen molar-refractivity contribution in [1.82, 2.24) is 0 Å². The third kappa shape index (κ3) is 3.24. The van der Waals surface area contributed by atoms with Crippen molar-refractivity contribution in [1.29, 1.82) is 0 Å². The van der Waals surface area contributed by atoms with E-state index in [1.165, 1.54) is 25.4 Å². The van der Waals surface area contributed by atoms with E-state index in [2.05, 4.69) is 0 Å². The maximum absolute atomic E-state index is 13.2. The minimum atomic E-state index is -0.953. The maximum Gasteiger partial charge on any atom is 0.300 e. The van der Waals surface area contributed by atoms with Gasteiger partial charge in [0.2, 0.25) is 0 Å². The van der Waals surface area contributed by atoms with Gasteiger partial charge in [0.15, 0.2) is 0 Å². The van der Waals surface area contributed by atoms with E-state index >= 15 is 0 Å². The Hall–Kier alpha value is -4.00. The number of furan rings is 1. The number of methoxy groups -OCH3 is 2. The van der Waals surface area contributed by atoms with Gasteiger partial charge in [-0.15, -0.1) is 0 Å². The molecule has 1 saturated heterocycles. The van der Waals surface area contributed by atoms with E-state index in [-0.39, 0.29) is 11.1 Å². The fourth-order valence-electron chi connectivity index (χ4n) is 3.85. The minimum absolute atomic E-state index is 0.106. The third-order valence-corrected chi connectivity index (χ3v) is 5.30. The summed E-state index contributed by atoms with van der Waals surface area (Å²) in [5.41, 5.74) is 1.44. The molecule has 1 fully saturated rings. The Balaban J connectivity index is 2.01. The van der Waals surface area contributed by atoms with E-state index in [1.54, 1.807) is 42.5 Å². The van der Waals surface area contributed by atoms with Gasteiger partial charge in [-0.2, -0.15) is 0 Å². The second kappa shape index (κ2) is 8.02. The number of carbonyl (C=O) groups excluding carboxylic acids is 2. The van der Waals surface area contributed by atoms with E-state index in [0.29, 0.717) is 22.9 Å². The second-order valence-electron chi connectivity index (χ2n) is 7.01. The summed E-state index contributed by atoms with van der Waals surface area (Å²) in [5, 5.41) is 11.3. The van der Waals surface area contributed by atoms with Gasteiger partial charge in [-0.25, -0.2) is 0 Å². The van der Waals surface area contributed by atoms with Crippen LogP contribution in [0.4, 0.5) is 5.69 Å². The molecular weight excluding hydrogens is 398 g/mol. The van der Waals surface area contributed by atoms with E-state index in [4.69, 9.17) is 13.9 Å². The number of rotatable bonds is 5. The summed E-state index contributed by atoms with van der Waals surface area (Å²) in [6.07, 6.45) is 1.46. The molecule has 1 aromatic heterocycles. The SMILES string of the molecule is COc1cccc(OC)c1/C(O)=C1\C(=O)C(=O)N(c2ccccc2C)C1c1ccco1. The van der Waals surface area contributed by atoms with Gasteiger partial charge in [0.25, 0.3) is 11.7 Å². The summed E-state index contributed by atoms with van der Waals surface area (Å²) < 4.78 is 16.3. The molecule has 31 heavy (non-hydrogen) atoms. The lowest BCUT2D eigenvalue weighted by Gasteiger charge is -2.25. The van der Waals surface area contributed by atoms with Crippen LogP contribution in [0.25, 0.3) is 5.76 Å². The molecule has 1 N–H and O–H groups in total. The molecule has 0 saturated carbocycles. The normalized spacial score (nSPS) is 17.8. The topological polar surface area (TPSA) is 89.2 Å². The lowest BCUT2D eigenvalue weighted by Crippen LogP contribution is -2.29. The van der Waals surface area contributed by atoms with Crippen LogP contribution >= 0.6 is 0 Å². The van der Waals surface area contributed by atoms with Crippen LogP contribution in [0.2, 0.25) is 0 Å². The third-order valence-electron chi connectivity index (χ3n) is 5.30. The molecule has 0 spiro atoms. The van der Waals surface area contributed by atoms with Gasteiger partial charge >= 0.3 is 0 Å². The molecule has 2 aromatic carbocycles. The quantitative estimate of drug-likeness (QED) is 0.378. The molecule has 1 aliphatic heterocycles. The zero-order valence-electron chi connectivity index (χ0n) is 17.3. The Morgan fingerprint density at radius 2 is 1.65 bits per heavy atom. The molecule has 7 nitrogen and oxygen atoms in total. The molecule has 1 amide bonds. The van der Waals surface area contributed by atoms with E-state index in [9.17, 15) is 14.7 Å². The first-order chi connectivity index (χ1) is 15.0. The Morgan fingerprint density at radius 3 is 2.23 bits per heavy atom. The lowest BCUT2D eigenvalue weighted by molar-refractivity contribution is -0.132. The predicted molar refractivity (Wildman–Crippen MR) is 114 cm³/mol. The molecular formula is C24H21NO6. The molecule has 1 unspecified atom stereocenters. The molecule has 0 bridgehead atoms. The number of aliphatic hydroxyl groups excluding tert-OH is 1. The summed E-state index contributed by atoms with van der Waals surface area (Å²) in [6, 6.07) is 14.6. The summed E-state index contributed by atoms with van der Waals surface area (Å²) in [7, 11) is 2.89.